The highest BCUT2D eigenvalue weighted by molar-refractivity contribution is 9.10. The lowest BCUT2D eigenvalue weighted by Gasteiger charge is -2.04. The highest BCUT2D eigenvalue weighted by Gasteiger charge is 2.05. The first-order valence-corrected chi connectivity index (χ1v) is 5.42. The van der Waals surface area contributed by atoms with Gasteiger partial charge in [-0.1, -0.05) is 15.9 Å². The number of anilines is 1. The van der Waals surface area contributed by atoms with E-state index in [0.717, 1.165) is 0 Å². The summed E-state index contributed by atoms with van der Waals surface area (Å²) in [6, 6.07) is 4.79. The molecule has 0 unspecified atom stereocenters. The van der Waals surface area contributed by atoms with Crippen LogP contribution in [0.5, 0.6) is 0 Å². The van der Waals surface area contributed by atoms with E-state index in [4.69, 9.17) is 4.42 Å². The van der Waals surface area contributed by atoms with E-state index in [1.54, 1.807) is 19.1 Å². The van der Waals surface area contributed by atoms with Crippen LogP contribution in [0.3, 0.4) is 0 Å². The first-order chi connectivity index (χ1) is 7.65. The normalized spacial score (nSPS) is 10.4. The minimum Gasteiger partial charge on any atom is -0.424 e. The van der Waals surface area contributed by atoms with Gasteiger partial charge in [0.2, 0.25) is 11.8 Å². The first-order valence-electron chi connectivity index (χ1n) is 4.63. The number of nitrogens with one attached hydrogen (secondary N) is 1. The van der Waals surface area contributed by atoms with E-state index in [2.05, 4.69) is 31.4 Å². The second kappa shape index (κ2) is 4.61. The monoisotopic (exact) mass is 285 g/mol. The molecule has 4 nitrogen and oxygen atoms in total. The molecule has 2 aromatic rings. The van der Waals surface area contributed by atoms with Crippen molar-refractivity contribution in [1.29, 1.82) is 0 Å². The Kier molecular flexibility index (Phi) is 3.19. The largest absolute Gasteiger partial charge is 0.424 e. The zero-order chi connectivity index (χ0) is 11.5. The topological polar surface area (TPSA) is 51.0 Å². The summed E-state index contributed by atoms with van der Waals surface area (Å²) < 4.78 is 19.2. The smallest absolute Gasteiger partial charge is 0.235 e. The predicted octanol–water partition coefficient (Wildman–Crippen LogP) is 2.89. The molecule has 1 N–H and O–H groups in total. The summed E-state index contributed by atoms with van der Waals surface area (Å²) in [6.07, 6.45) is 0. The lowest BCUT2D eigenvalue weighted by molar-refractivity contribution is 0.474. The average molecular weight is 286 g/mol. The molecule has 0 atom stereocenters. The van der Waals surface area contributed by atoms with Gasteiger partial charge in [0.25, 0.3) is 0 Å². The summed E-state index contributed by atoms with van der Waals surface area (Å²) in [5.41, 5.74) is 0.402. The van der Waals surface area contributed by atoms with Crippen LogP contribution in [0.25, 0.3) is 0 Å². The van der Waals surface area contributed by atoms with Gasteiger partial charge in [0.15, 0.2) is 0 Å². The van der Waals surface area contributed by atoms with Gasteiger partial charge < -0.3 is 9.73 Å². The van der Waals surface area contributed by atoms with Crippen LogP contribution >= 0.6 is 15.9 Å². The van der Waals surface area contributed by atoms with Crippen molar-refractivity contribution in [3.05, 3.63) is 40.3 Å². The van der Waals surface area contributed by atoms with E-state index in [1.807, 2.05) is 0 Å². The molecular weight excluding hydrogens is 277 g/mol. The quantitative estimate of drug-likeness (QED) is 0.942. The number of aromatic nitrogens is 2. The fourth-order valence-corrected chi connectivity index (χ4v) is 1.55. The maximum absolute atomic E-state index is 13.4. The van der Waals surface area contributed by atoms with Crippen LogP contribution in [0.15, 0.2) is 27.1 Å². The molecule has 6 heteroatoms. The fraction of sp³-hybridized carbons (Fsp3) is 0.200. The zero-order valence-electron chi connectivity index (χ0n) is 8.50. The lowest BCUT2D eigenvalue weighted by Crippen LogP contribution is -2.01. The Morgan fingerprint density at radius 2 is 2.25 bits per heavy atom. The van der Waals surface area contributed by atoms with Crippen LogP contribution in [-0.2, 0) is 6.54 Å². The fourth-order valence-electron chi connectivity index (χ4n) is 1.21. The van der Waals surface area contributed by atoms with E-state index in [-0.39, 0.29) is 5.82 Å². The Balaban J connectivity index is 2.04. The van der Waals surface area contributed by atoms with Gasteiger partial charge in [-0.15, -0.1) is 10.2 Å². The number of nitrogens with zero attached hydrogens (tertiary/aromatic N) is 2. The number of rotatable bonds is 3. The van der Waals surface area contributed by atoms with Gasteiger partial charge in [0.05, 0.1) is 12.2 Å². The molecule has 0 bridgehead atoms. The van der Waals surface area contributed by atoms with Crippen molar-refractivity contribution < 1.29 is 8.81 Å². The number of hydrogen-bond acceptors (Lipinski definition) is 4. The highest BCUT2D eigenvalue weighted by Crippen LogP contribution is 2.19. The number of benzene rings is 1. The Hall–Kier alpha value is -1.43. The van der Waals surface area contributed by atoms with Gasteiger partial charge in [-0.2, -0.15) is 0 Å². The minimum atomic E-state index is -0.328. The van der Waals surface area contributed by atoms with Crippen molar-refractivity contribution in [2.45, 2.75) is 13.5 Å². The molecule has 0 aliphatic rings. The van der Waals surface area contributed by atoms with Gasteiger partial charge in [-0.3, -0.25) is 0 Å². The molecule has 0 spiro atoms. The van der Waals surface area contributed by atoms with Crippen LogP contribution < -0.4 is 5.32 Å². The van der Waals surface area contributed by atoms with Crippen LogP contribution in [0.2, 0.25) is 0 Å². The first kappa shape index (κ1) is 11.1. The van der Waals surface area contributed by atoms with Crippen molar-refractivity contribution in [3.8, 4) is 0 Å². The Bertz CT molecular complexity index is 501. The predicted molar refractivity (Wildman–Crippen MR) is 60.5 cm³/mol. The number of hydrogen-bond donors (Lipinski definition) is 1. The van der Waals surface area contributed by atoms with E-state index in [9.17, 15) is 4.39 Å². The van der Waals surface area contributed by atoms with Crippen molar-refractivity contribution in [2.75, 3.05) is 5.32 Å². The van der Waals surface area contributed by atoms with Crippen molar-refractivity contribution >= 4 is 21.6 Å². The molecule has 2 rings (SSSR count). The molecule has 16 heavy (non-hydrogen) atoms. The molecular formula is C10H9BrFN3O. The second-order valence-electron chi connectivity index (χ2n) is 3.19. The van der Waals surface area contributed by atoms with E-state index in [1.165, 1.54) is 6.07 Å². The molecule has 0 fully saturated rings. The molecule has 84 valence electrons. The van der Waals surface area contributed by atoms with Crippen LogP contribution in [-0.4, -0.2) is 10.2 Å². The Morgan fingerprint density at radius 1 is 1.44 bits per heavy atom. The van der Waals surface area contributed by atoms with E-state index in [0.29, 0.717) is 28.5 Å². The van der Waals surface area contributed by atoms with Gasteiger partial charge >= 0.3 is 0 Å². The molecule has 1 heterocycles. The van der Waals surface area contributed by atoms with Crippen molar-refractivity contribution in [2.24, 2.45) is 0 Å². The molecule has 0 radical (unpaired) electrons. The summed E-state index contributed by atoms with van der Waals surface area (Å²) in [6.45, 7) is 2.01. The van der Waals surface area contributed by atoms with Crippen LogP contribution in [0.1, 0.15) is 11.8 Å². The molecule has 1 aromatic heterocycles. The van der Waals surface area contributed by atoms with Gasteiger partial charge in [-0.05, 0) is 18.2 Å². The molecule has 1 aromatic carbocycles. The third kappa shape index (κ3) is 2.57. The third-order valence-corrected chi connectivity index (χ3v) is 2.42. The summed E-state index contributed by atoms with van der Waals surface area (Å²) in [5, 5.41) is 10.4. The highest BCUT2D eigenvalue weighted by atomic mass is 79.9. The minimum absolute atomic E-state index is 0.305. The standard InChI is InChI=1S/C10H9BrFN3O/c1-6-14-15-10(16-6)5-13-9-3-2-7(11)4-8(9)12/h2-4,13H,5H2,1H3. The molecule has 0 saturated carbocycles. The summed E-state index contributed by atoms with van der Waals surface area (Å²) in [4.78, 5) is 0. The Labute approximate surface area is 100 Å². The maximum atomic E-state index is 13.4. The zero-order valence-corrected chi connectivity index (χ0v) is 10.1. The lowest BCUT2D eigenvalue weighted by atomic mass is 10.3. The van der Waals surface area contributed by atoms with Crippen LogP contribution in [0.4, 0.5) is 10.1 Å². The molecule has 0 saturated heterocycles. The summed E-state index contributed by atoms with van der Waals surface area (Å²) >= 11 is 3.19. The summed E-state index contributed by atoms with van der Waals surface area (Å²) in [5.74, 6) is 0.596. The number of aryl methyl sites for hydroxylation is 1. The van der Waals surface area contributed by atoms with Crippen LogP contribution in [0, 0.1) is 12.7 Å². The second-order valence-corrected chi connectivity index (χ2v) is 4.11. The average Bonchev–Trinajstić information content (AvgIpc) is 2.63. The van der Waals surface area contributed by atoms with Gasteiger partial charge in [-0.25, -0.2) is 4.39 Å². The maximum Gasteiger partial charge on any atom is 0.235 e. The number of halogens is 2. The van der Waals surface area contributed by atoms with E-state index < -0.39 is 0 Å². The summed E-state index contributed by atoms with van der Waals surface area (Å²) in [7, 11) is 0. The van der Waals surface area contributed by atoms with Crippen molar-refractivity contribution in [1.82, 2.24) is 10.2 Å². The third-order valence-electron chi connectivity index (χ3n) is 1.93. The van der Waals surface area contributed by atoms with E-state index >= 15 is 0 Å². The van der Waals surface area contributed by atoms with Gasteiger partial charge in [0, 0.05) is 11.4 Å². The molecule has 0 aliphatic heterocycles. The van der Waals surface area contributed by atoms with Crippen molar-refractivity contribution in [3.63, 3.8) is 0 Å². The molecule has 0 amide bonds. The Morgan fingerprint density at radius 3 is 2.88 bits per heavy atom. The van der Waals surface area contributed by atoms with Gasteiger partial charge in [0.1, 0.15) is 5.82 Å². The SMILES string of the molecule is Cc1nnc(CNc2ccc(Br)cc2F)o1. The molecule has 0 aliphatic carbocycles.